The molecular formula is C23H25N5O2. The summed E-state index contributed by atoms with van der Waals surface area (Å²) in [4.78, 5) is 28.3. The van der Waals surface area contributed by atoms with Gasteiger partial charge in [0.05, 0.1) is 19.4 Å². The number of hydrogen-bond acceptors (Lipinski definition) is 4. The summed E-state index contributed by atoms with van der Waals surface area (Å²) < 4.78 is 1.89. The van der Waals surface area contributed by atoms with E-state index in [4.69, 9.17) is 0 Å². The van der Waals surface area contributed by atoms with E-state index in [0.717, 1.165) is 11.1 Å². The lowest BCUT2D eigenvalue weighted by Gasteiger charge is -2.21. The van der Waals surface area contributed by atoms with Crippen LogP contribution in [0.3, 0.4) is 0 Å². The van der Waals surface area contributed by atoms with E-state index in [-0.39, 0.29) is 18.6 Å². The van der Waals surface area contributed by atoms with Gasteiger partial charge in [0, 0.05) is 24.7 Å². The zero-order valence-corrected chi connectivity index (χ0v) is 16.9. The molecule has 154 valence electrons. The first-order valence-electron chi connectivity index (χ1n) is 9.98. The van der Waals surface area contributed by atoms with Crippen molar-refractivity contribution in [2.45, 2.75) is 25.6 Å². The first-order valence-corrected chi connectivity index (χ1v) is 9.98. The molecule has 1 saturated heterocycles. The summed E-state index contributed by atoms with van der Waals surface area (Å²) >= 11 is 0. The lowest BCUT2D eigenvalue weighted by atomic mass is 10.1. The Morgan fingerprint density at radius 2 is 1.63 bits per heavy atom. The fraction of sp³-hybridized carbons (Fsp3) is 0.261. The number of amides is 3. The number of rotatable bonds is 8. The van der Waals surface area contributed by atoms with Crippen molar-refractivity contribution in [1.29, 1.82) is 0 Å². The van der Waals surface area contributed by atoms with Crippen molar-refractivity contribution in [1.82, 2.24) is 24.9 Å². The smallest absolute Gasteiger partial charge is 0.325 e. The van der Waals surface area contributed by atoms with Crippen LogP contribution >= 0.6 is 0 Å². The monoisotopic (exact) mass is 403 g/mol. The predicted molar refractivity (Wildman–Crippen MR) is 113 cm³/mol. The van der Waals surface area contributed by atoms with Crippen LogP contribution in [0.15, 0.2) is 73.1 Å². The Morgan fingerprint density at radius 1 is 0.967 bits per heavy atom. The standard InChI is InChI=1S/C23H25N5O2/c1-26(14-20-13-24-27(16-20)15-19-10-6-3-7-11-19)17-28-22(29)21(25-23(28)30)12-18-8-4-2-5-9-18/h2-11,13,16,21H,12,14-15,17H2,1H3,(H,25,30)/t21-/m0/s1. The highest BCUT2D eigenvalue weighted by molar-refractivity contribution is 6.04. The first kappa shape index (κ1) is 19.8. The summed E-state index contributed by atoms with van der Waals surface area (Å²) in [5, 5.41) is 7.21. The van der Waals surface area contributed by atoms with Crippen molar-refractivity contribution in [2.75, 3.05) is 13.7 Å². The second-order valence-corrected chi connectivity index (χ2v) is 7.65. The quantitative estimate of drug-likeness (QED) is 0.587. The summed E-state index contributed by atoms with van der Waals surface area (Å²) in [5.41, 5.74) is 3.24. The fourth-order valence-electron chi connectivity index (χ4n) is 3.65. The Bertz CT molecular complexity index is 1000. The molecule has 1 aliphatic heterocycles. The van der Waals surface area contributed by atoms with Crippen LogP contribution in [0.4, 0.5) is 4.79 Å². The van der Waals surface area contributed by atoms with E-state index in [2.05, 4.69) is 22.5 Å². The Morgan fingerprint density at radius 3 is 2.33 bits per heavy atom. The highest BCUT2D eigenvalue weighted by Gasteiger charge is 2.38. The number of nitrogens with zero attached hydrogens (tertiary/aromatic N) is 4. The number of carbonyl (C=O) groups excluding carboxylic acids is 2. The number of carbonyl (C=O) groups is 2. The van der Waals surface area contributed by atoms with Crippen molar-refractivity contribution in [3.8, 4) is 0 Å². The lowest BCUT2D eigenvalue weighted by molar-refractivity contribution is -0.128. The average molecular weight is 403 g/mol. The summed E-state index contributed by atoms with van der Waals surface area (Å²) in [6, 6.07) is 19.0. The third-order valence-electron chi connectivity index (χ3n) is 5.10. The van der Waals surface area contributed by atoms with Crippen LogP contribution in [0.2, 0.25) is 0 Å². The molecular weight excluding hydrogens is 378 g/mol. The van der Waals surface area contributed by atoms with Crippen LogP contribution in [0.1, 0.15) is 16.7 Å². The van der Waals surface area contributed by atoms with Gasteiger partial charge < -0.3 is 5.32 Å². The van der Waals surface area contributed by atoms with Gasteiger partial charge in [-0.25, -0.2) is 9.69 Å². The topological polar surface area (TPSA) is 70.5 Å². The van der Waals surface area contributed by atoms with E-state index < -0.39 is 6.04 Å². The number of aromatic nitrogens is 2. The SMILES string of the molecule is CN(Cc1cnn(Cc2ccccc2)c1)CN1C(=O)N[C@@H](Cc2ccccc2)C1=O. The number of hydrogen-bond donors (Lipinski definition) is 1. The predicted octanol–water partition coefficient (Wildman–Crippen LogP) is 2.48. The van der Waals surface area contributed by atoms with Gasteiger partial charge in [-0.15, -0.1) is 0 Å². The molecule has 0 radical (unpaired) electrons. The molecule has 4 rings (SSSR count). The van der Waals surface area contributed by atoms with Crippen molar-refractivity contribution >= 4 is 11.9 Å². The molecule has 2 heterocycles. The molecule has 1 N–H and O–H groups in total. The Kier molecular flexibility index (Phi) is 5.90. The van der Waals surface area contributed by atoms with E-state index in [1.807, 2.05) is 77.6 Å². The van der Waals surface area contributed by atoms with Crippen molar-refractivity contribution in [3.63, 3.8) is 0 Å². The minimum atomic E-state index is -0.512. The summed E-state index contributed by atoms with van der Waals surface area (Å²) in [5.74, 6) is -0.185. The van der Waals surface area contributed by atoms with Gasteiger partial charge in [-0.05, 0) is 18.2 Å². The van der Waals surface area contributed by atoms with Gasteiger partial charge in [-0.2, -0.15) is 5.10 Å². The van der Waals surface area contributed by atoms with Crippen LogP contribution in [0.5, 0.6) is 0 Å². The zero-order valence-electron chi connectivity index (χ0n) is 16.9. The maximum absolute atomic E-state index is 12.7. The minimum Gasteiger partial charge on any atom is -0.325 e. The number of nitrogens with one attached hydrogen (secondary N) is 1. The molecule has 0 spiro atoms. The second kappa shape index (κ2) is 8.92. The van der Waals surface area contributed by atoms with Gasteiger partial charge in [0.2, 0.25) is 0 Å². The number of benzene rings is 2. The molecule has 1 aliphatic rings. The molecule has 1 fully saturated rings. The zero-order chi connectivity index (χ0) is 20.9. The molecule has 0 bridgehead atoms. The number of imide groups is 1. The summed E-state index contributed by atoms with van der Waals surface area (Å²) in [7, 11) is 1.89. The van der Waals surface area contributed by atoms with Crippen LogP contribution < -0.4 is 5.32 Å². The molecule has 3 amide bonds. The molecule has 1 atom stereocenters. The molecule has 0 saturated carbocycles. The molecule has 3 aromatic rings. The van der Waals surface area contributed by atoms with Gasteiger partial charge in [-0.3, -0.25) is 14.4 Å². The molecule has 7 heteroatoms. The molecule has 0 aliphatic carbocycles. The third-order valence-corrected chi connectivity index (χ3v) is 5.10. The minimum absolute atomic E-state index is 0.185. The Balaban J connectivity index is 1.32. The van der Waals surface area contributed by atoms with Crippen molar-refractivity contribution < 1.29 is 9.59 Å². The third kappa shape index (κ3) is 4.75. The highest BCUT2D eigenvalue weighted by atomic mass is 16.2. The van der Waals surface area contributed by atoms with Crippen LogP contribution in [-0.2, 0) is 24.3 Å². The molecule has 0 unspecified atom stereocenters. The van der Waals surface area contributed by atoms with Gasteiger partial charge in [0.25, 0.3) is 5.91 Å². The first-order chi connectivity index (χ1) is 14.6. The molecule has 2 aromatic carbocycles. The highest BCUT2D eigenvalue weighted by Crippen LogP contribution is 2.14. The molecule has 30 heavy (non-hydrogen) atoms. The van der Waals surface area contributed by atoms with E-state index in [0.29, 0.717) is 19.5 Å². The second-order valence-electron chi connectivity index (χ2n) is 7.65. The summed E-state index contributed by atoms with van der Waals surface area (Å²) in [6.45, 7) is 1.54. The normalized spacial score (nSPS) is 16.3. The van der Waals surface area contributed by atoms with Crippen molar-refractivity contribution in [3.05, 3.63) is 89.7 Å². The van der Waals surface area contributed by atoms with Crippen LogP contribution in [-0.4, -0.2) is 51.3 Å². The van der Waals surface area contributed by atoms with Crippen LogP contribution in [0, 0.1) is 0 Å². The largest absolute Gasteiger partial charge is 0.325 e. The van der Waals surface area contributed by atoms with E-state index in [1.54, 1.807) is 0 Å². The lowest BCUT2D eigenvalue weighted by Crippen LogP contribution is -2.40. The Hall–Kier alpha value is -3.45. The maximum Gasteiger partial charge on any atom is 0.325 e. The average Bonchev–Trinajstić information content (AvgIpc) is 3.28. The van der Waals surface area contributed by atoms with Crippen molar-refractivity contribution in [2.24, 2.45) is 0 Å². The fourth-order valence-corrected chi connectivity index (χ4v) is 3.65. The van der Waals surface area contributed by atoms with Crippen LogP contribution in [0.25, 0.3) is 0 Å². The molecule has 1 aromatic heterocycles. The Labute approximate surface area is 175 Å². The van der Waals surface area contributed by atoms with Gasteiger partial charge in [-0.1, -0.05) is 60.7 Å². The van der Waals surface area contributed by atoms with E-state index in [9.17, 15) is 9.59 Å². The van der Waals surface area contributed by atoms with E-state index >= 15 is 0 Å². The number of urea groups is 1. The van der Waals surface area contributed by atoms with Gasteiger partial charge >= 0.3 is 6.03 Å². The van der Waals surface area contributed by atoms with Gasteiger partial charge in [0.1, 0.15) is 6.04 Å². The maximum atomic E-state index is 12.7. The summed E-state index contributed by atoms with van der Waals surface area (Å²) in [6.07, 6.45) is 4.31. The molecule has 7 nitrogen and oxygen atoms in total. The van der Waals surface area contributed by atoms with E-state index in [1.165, 1.54) is 10.5 Å². The van der Waals surface area contributed by atoms with Gasteiger partial charge in [0.15, 0.2) is 0 Å².